The van der Waals surface area contributed by atoms with Crippen LogP contribution in [0.4, 0.5) is 0 Å². The van der Waals surface area contributed by atoms with Gasteiger partial charge in [0.25, 0.3) is 5.91 Å². The van der Waals surface area contributed by atoms with Crippen molar-refractivity contribution in [3.8, 4) is 0 Å². The number of amides is 1. The number of nitrogens with one attached hydrogen (secondary N) is 1. The highest BCUT2D eigenvalue weighted by atomic mass is 32.1. The molecule has 0 bridgehead atoms. The molecule has 2 N–H and O–H groups in total. The first-order chi connectivity index (χ1) is 11.2. The lowest BCUT2D eigenvalue weighted by molar-refractivity contribution is 0.0461. The lowest BCUT2D eigenvalue weighted by Gasteiger charge is -2.34. The quantitative estimate of drug-likeness (QED) is 0.850. The largest absolute Gasteiger partial charge is 0.388 e. The van der Waals surface area contributed by atoms with E-state index in [1.54, 1.807) is 18.3 Å². The third-order valence-electron chi connectivity index (χ3n) is 4.46. The molecule has 4 nitrogen and oxygen atoms in total. The van der Waals surface area contributed by atoms with Crippen molar-refractivity contribution in [3.05, 3.63) is 64.4 Å². The van der Waals surface area contributed by atoms with Crippen LogP contribution in [0.15, 0.2) is 48.7 Å². The van der Waals surface area contributed by atoms with Crippen molar-refractivity contribution < 1.29 is 9.90 Å². The first-order valence-electron chi connectivity index (χ1n) is 7.87. The summed E-state index contributed by atoms with van der Waals surface area (Å²) in [5, 5.41) is 10.5. The van der Waals surface area contributed by atoms with E-state index in [2.05, 4.69) is 4.98 Å². The topological polar surface area (TPSA) is 56.3 Å². The summed E-state index contributed by atoms with van der Waals surface area (Å²) in [7, 11) is 0. The maximum atomic E-state index is 12.5. The van der Waals surface area contributed by atoms with Gasteiger partial charge in [0.15, 0.2) is 0 Å². The monoisotopic (exact) mass is 328 g/mol. The number of carbonyl (C=O) groups excluding carboxylic acids is 1. The summed E-state index contributed by atoms with van der Waals surface area (Å²) in [6.07, 6.45) is 2.85. The van der Waals surface area contributed by atoms with Crippen LogP contribution in [-0.4, -0.2) is 34.0 Å². The van der Waals surface area contributed by atoms with Crippen LogP contribution in [0.1, 0.15) is 34.9 Å². The van der Waals surface area contributed by atoms with Crippen molar-refractivity contribution in [1.29, 1.82) is 0 Å². The standard InChI is InChI=1S/C18H20N2O2S/c21-16(13-5-2-1-3-6-13)14-8-11-20(12-9-14)18(22)15-7-4-10-19-17(15)23/h1-7,10,14,16,21H,8-9,11-12H2,(H,19,23)/t16-/m1/s1. The molecule has 1 aliphatic heterocycles. The average molecular weight is 328 g/mol. The number of aliphatic hydroxyl groups excluding tert-OH is 1. The van der Waals surface area contributed by atoms with Crippen LogP contribution in [-0.2, 0) is 0 Å². The van der Waals surface area contributed by atoms with E-state index in [1.165, 1.54) is 0 Å². The lowest BCUT2D eigenvalue weighted by Crippen LogP contribution is -2.40. The molecule has 0 unspecified atom stereocenters. The van der Waals surface area contributed by atoms with Gasteiger partial charge in [-0.05, 0) is 36.5 Å². The molecule has 5 heteroatoms. The third kappa shape index (κ3) is 3.51. The van der Waals surface area contributed by atoms with Gasteiger partial charge in [-0.3, -0.25) is 4.79 Å². The van der Waals surface area contributed by atoms with Gasteiger partial charge in [0.1, 0.15) is 4.64 Å². The fourth-order valence-corrected chi connectivity index (χ4v) is 3.32. The molecule has 3 rings (SSSR count). The molecule has 23 heavy (non-hydrogen) atoms. The minimum absolute atomic E-state index is 0.0282. The fraction of sp³-hybridized carbons (Fsp3) is 0.333. The highest BCUT2D eigenvalue weighted by Crippen LogP contribution is 2.31. The number of H-pyrrole nitrogens is 1. The molecule has 0 radical (unpaired) electrons. The minimum atomic E-state index is -0.465. The zero-order valence-corrected chi connectivity index (χ0v) is 13.6. The Morgan fingerprint density at radius 3 is 2.52 bits per heavy atom. The second kappa shape index (κ2) is 7.06. The number of carbonyl (C=O) groups is 1. The smallest absolute Gasteiger partial charge is 0.256 e. The molecule has 1 atom stereocenters. The maximum absolute atomic E-state index is 12.5. The molecule has 1 amide bonds. The normalized spacial score (nSPS) is 17.0. The van der Waals surface area contributed by atoms with Crippen LogP contribution >= 0.6 is 12.2 Å². The number of piperidine rings is 1. The van der Waals surface area contributed by atoms with Crippen molar-refractivity contribution >= 4 is 18.1 Å². The van der Waals surface area contributed by atoms with Crippen molar-refractivity contribution in [2.75, 3.05) is 13.1 Å². The first-order valence-corrected chi connectivity index (χ1v) is 8.27. The van der Waals surface area contributed by atoms with E-state index >= 15 is 0 Å². The second-order valence-electron chi connectivity index (χ2n) is 5.90. The minimum Gasteiger partial charge on any atom is -0.388 e. The van der Waals surface area contributed by atoms with Crippen LogP contribution in [0.3, 0.4) is 0 Å². The Labute approximate surface area is 140 Å². The number of likely N-dealkylation sites (tertiary alicyclic amines) is 1. The van der Waals surface area contributed by atoms with Gasteiger partial charge in [-0.2, -0.15) is 0 Å². The second-order valence-corrected chi connectivity index (χ2v) is 6.31. The van der Waals surface area contributed by atoms with Crippen molar-refractivity contribution in [2.24, 2.45) is 5.92 Å². The van der Waals surface area contributed by atoms with Gasteiger partial charge >= 0.3 is 0 Å². The average Bonchev–Trinajstić information content (AvgIpc) is 2.62. The number of hydrogen-bond acceptors (Lipinski definition) is 3. The first kappa shape index (κ1) is 15.9. The summed E-state index contributed by atoms with van der Waals surface area (Å²) in [5.74, 6) is 0.159. The van der Waals surface area contributed by atoms with Crippen LogP contribution in [0.5, 0.6) is 0 Å². The number of rotatable bonds is 3. The number of aromatic amines is 1. The molecule has 0 aliphatic carbocycles. The molecule has 1 aromatic heterocycles. The maximum Gasteiger partial charge on any atom is 0.256 e. The number of aromatic nitrogens is 1. The van der Waals surface area contributed by atoms with Gasteiger partial charge in [0.2, 0.25) is 0 Å². The summed E-state index contributed by atoms with van der Waals surface area (Å²) >= 11 is 5.18. The summed E-state index contributed by atoms with van der Waals surface area (Å²) in [6.45, 7) is 1.30. The molecule has 0 saturated carbocycles. The highest BCUT2D eigenvalue weighted by molar-refractivity contribution is 7.71. The van der Waals surface area contributed by atoms with Gasteiger partial charge in [-0.15, -0.1) is 0 Å². The highest BCUT2D eigenvalue weighted by Gasteiger charge is 2.28. The third-order valence-corrected chi connectivity index (χ3v) is 4.80. The number of hydrogen-bond donors (Lipinski definition) is 2. The van der Waals surface area contributed by atoms with Gasteiger partial charge in [0.05, 0.1) is 11.7 Å². The predicted molar refractivity (Wildman–Crippen MR) is 91.7 cm³/mol. The van der Waals surface area contributed by atoms with Crippen molar-refractivity contribution in [2.45, 2.75) is 18.9 Å². The van der Waals surface area contributed by atoms with E-state index in [9.17, 15) is 9.90 Å². The van der Waals surface area contributed by atoms with Gasteiger partial charge in [-0.1, -0.05) is 42.5 Å². The summed E-state index contributed by atoms with van der Waals surface area (Å²) < 4.78 is 0.476. The predicted octanol–water partition coefficient (Wildman–Crippen LogP) is 3.33. The molecule has 1 fully saturated rings. The van der Waals surface area contributed by atoms with E-state index < -0.39 is 6.10 Å². The lowest BCUT2D eigenvalue weighted by atomic mass is 9.87. The van der Waals surface area contributed by atoms with Gasteiger partial charge in [-0.25, -0.2) is 0 Å². The molecule has 1 saturated heterocycles. The summed E-state index contributed by atoms with van der Waals surface area (Å²) in [5.41, 5.74) is 1.49. The van der Waals surface area contributed by atoms with Crippen molar-refractivity contribution in [1.82, 2.24) is 9.88 Å². The summed E-state index contributed by atoms with van der Waals surface area (Å²) in [6, 6.07) is 13.3. The molecular weight excluding hydrogens is 308 g/mol. The Kier molecular flexibility index (Phi) is 4.88. The Hall–Kier alpha value is -1.98. The zero-order valence-electron chi connectivity index (χ0n) is 12.8. The zero-order chi connectivity index (χ0) is 16.2. The van der Waals surface area contributed by atoms with Crippen molar-refractivity contribution in [3.63, 3.8) is 0 Å². The van der Waals surface area contributed by atoms with E-state index in [0.29, 0.717) is 23.3 Å². The summed E-state index contributed by atoms with van der Waals surface area (Å²) in [4.78, 5) is 17.3. The molecule has 1 aromatic carbocycles. The molecule has 2 heterocycles. The Bertz CT molecular complexity index is 721. The van der Waals surface area contributed by atoms with Crippen LogP contribution in [0, 0.1) is 10.6 Å². The fourth-order valence-electron chi connectivity index (χ4n) is 3.10. The SMILES string of the molecule is O=C(c1ccc[nH]c1=S)N1CCC([C@H](O)c2ccccc2)CC1. The molecule has 120 valence electrons. The number of nitrogens with zero attached hydrogens (tertiary/aromatic N) is 1. The molecule has 2 aromatic rings. The van der Waals surface area contributed by atoms with Crippen LogP contribution < -0.4 is 0 Å². The molecular formula is C18H20N2O2S. The van der Waals surface area contributed by atoms with E-state index in [1.807, 2.05) is 35.2 Å². The van der Waals surface area contributed by atoms with E-state index in [-0.39, 0.29) is 11.8 Å². The number of pyridine rings is 1. The Morgan fingerprint density at radius 1 is 1.17 bits per heavy atom. The van der Waals surface area contributed by atoms with E-state index in [0.717, 1.165) is 18.4 Å². The van der Waals surface area contributed by atoms with Crippen LogP contribution in [0.25, 0.3) is 0 Å². The Morgan fingerprint density at radius 2 is 1.87 bits per heavy atom. The van der Waals surface area contributed by atoms with Gasteiger partial charge in [0, 0.05) is 19.3 Å². The Balaban J connectivity index is 1.64. The van der Waals surface area contributed by atoms with Crippen LogP contribution in [0.2, 0.25) is 0 Å². The van der Waals surface area contributed by atoms with Gasteiger partial charge < -0.3 is 15.0 Å². The van der Waals surface area contributed by atoms with E-state index in [4.69, 9.17) is 12.2 Å². The number of benzene rings is 1. The number of aliphatic hydroxyl groups is 1. The molecule has 0 spiro atoms. The molecule has 1 aliphatic rings.